The fourth-order valence-electron chi connectivity index (χ4n) is 1.14. The zero-order valence-corrected chi connectivity index (χ0v) is 7.82. The molecule has 0 aromatic carbocycles. The van der Waals surface area contributed by atoms with Crippen molar-refractivity contribution in [3.05, 3.63) is 24.2 Å². The summed E-state index contributed by atoms with van der Waals surface area (Å²) in [5, 5.41) is 4.13. The summed E-state index contributed by atoms with van der Waals surface area (Å²) in [7, 11) is 1.60. The molecule has 0 amide bonds. The Kier molecular flexibility index (Phi) is 2.06. The maximum atomic E-state index is 5.61. The summed E-state index contributed by atoms with van der Waals surface area (Å²) in [4.78, 5) is 4.20. The van der Waals surface area contributed by atoms with E-state index in [1.165, 1.54) is 0 Å². The lowest BCUT2D eigenvalue weighted by molar-refractivity contribution is 0.416. The Morgan fingerprint density at radius 3 is 3.15 bits per heavy atom. The highest BCUT2D eigenvalue weighted by atomic mass is 35.5. The second-order valence-corrected chi connectivity index (χ2v) is 2.77. The number of nitrogens with zero attached hydrogens (tertiary/aromatic N) is 3. The second kappa shape index (κ2) is 3.22. The van der Waals surface area contributed by atoms with Gasteiger partial charge >= 0.3 is 0 Å². The maximum Gasteiger partial charge on any atom is 0.198 e. The SMILES string of the molecule is COc1cccn2nc(CCl)nc12. The lowest BCUT2D eigenvalue weighted by Gasteiger charge is -1.98. The molecule has 0 bridgehead atoms. The van der Waals surface area contributed by atoms with Crippen molar-refractivity contribution in [2.24, 2.45) is 0 Å². The molecule has 0 aliphatic rings. The number of halogens is 1. The summed E-state index contributed by atoms with van der Waals surface area (Å²) in [5.41, 5.74) is 0.695. The van der Waals surface area contributed by atoms with Gasteiger partial charge in [0.05, 0.1) is 13.0 Å². The molecule has 4 nitrogen and oxygen atoms in total. The summed E-state index contributed by atoms with van der Waals surface area (Å²) in [6.45, 7) is 0. The Morgan fingerprint density at radius 1 is 1.62 bits per heavy atom. The molecule has 2 rings (SSSR count). The van der Waals surface area contributed by atoms with Gasteiger partial charge in [-0.3, -0.25) is 0 Å². The molecule has 2 aromatic rings. The van der Waals surface area contributed by atoms with E-state index in [9.17, 15) is 0 Å². The first kappa shape index (κ1) is 8.31. The van der Waals surface area contributed by atoms with Crippen LogP contribution in [0.2, 0.25) is 0 Å². The Labute approximate surface area is 80.1 Å². The zero-order chi connectivity index (χ0) is 9.26. The number of fused-ring (bicyclic) bond motifs is 1. The topological polar surface area (TPSA) is 39.4 Å². The molecule has 0 saturated heterocycles. The molecule has 2 heterocycles. The smallest absolute Gasteiger partial charge is 0.198 e. The van der Waals surface area contributed by atoms with E-state index in [4.69, 9.17) is 16.3 Å². The van der Waals surface area contributed by atoms with Crippen molar-refractivity contribution in [3.63, 3.8) is 0 Å². The molecule has 13 heavy (non-hydrogen) atoms. The lowest BCUT2D eigenvalue weighted by atomic mass is 10.4. The first-order valence-electron chi connectivity index (χ1n) is 3.79. The number of ether oxygens (including phenoxy) is 1. The molecule has 0 unspecified atom stereocenters. The first-order valence-corrected chi connectivity index (χ1v) is 4.33. The number of hydrogen-bond acceptors (Lipinski definition) is 3. The molecule has 0 aliphatic heterocycles. The summed E-state index contributed by atoms with van der Waals surface area (Å²) in [6.07, 6.45) is 1.81. The van der Waals surface area contributed by atoms with E-state index in [1.54, 1.807) is 17.8 Å². The highest BCUT2D eigenvalue weighted by Crippen LogP contribution is 2.16. The molecule has 0 fully saturated rings. The highest BCUT2D eigenvalue weighted by Gasteiger charge is 2.06. The van der Waals surface area contributed by atoms with E-state index in [0.29, 0.717) is 23.1 Å². The standard InChI is InChI=1S/C8H8ClN3O/c1-13-6-3-2-4-12-8(6)10-7(5-9)11-12/h2-4H,5H2,1H3. The number of rotatable bonds is 2. The Balaban J connectivity index is 2.67. The van der Waals surface area contributed by atoms with E-state index < -0.39 is 0 Å². The molecule has 0 aliphatic carbocycles. The number of pyridine rings is 1. The summed E-state index contributed by atoms with van der Waals surface area (Å²) >= 11 is 5.61. The van der Waals surface area contributed by atoms with Crippen molar-refractivity contribution in [1.29, 1.82) is 0 Å². The van der Waals surface area contributed by atoms with Crippen LogP contribution in [0, 0.1) is 0 Å². The van der Waals surface area contributed by atoms with Crippen LogP contribution in [-0.2, 0) is 5.88 Å². The van der Waals surface area contributed by atoms with Gasteiger partial charge in [-0.1, -0.05) is 0 Å². The largest absolute Gasteiger partial charge is 0.493 e. The van der Waals surface area contributed by atoms with Crippen molar-refractivity contribution >= 4 is 17.2 Å². The Morgan fingerprint density at radius 2 is 2.46 bits per heavy atom. The van der Waals surface area contributed by atoms with Crippen LogP contribution in [0.4, 0.5) is 0 Å². The third-order valence-corrected chi connectivity index (χ3v) is 1.95. The van der Waals surface area contributed by atoms with E-state index in [0.717, 1.165) is 0 Å². The molecule has 68 valence electrons. The van der Waals surface area contributed by atoms with Gasteiger partial charge in [-0.05, 0) is 12.1 Å². The van der Waals surface area contributed by atoms with Crippen LogP contribution in [0.1, 0.15) is 5.82 Å². The number of aromatic nitrogens is 3. The second-order valence-electron chi connectivity index (χ2n) is 2.51. The lowest BCUT2D eigenvalue weighted by Crippen LogP contribution is -1.90. The third-order valence-electron chi connectivity index (χ3n) is 1.71. The van der Waals surface area contributed by atoms with E-state index in [1.807, 2.05) is 12.1 Å². The summed E-state index contributed by atoms with van der Waals surface area (Å²) < 4.78 is 6.77. The maximum absolute atomic E-state index is 5.61. The van der Waals surface area contributed by atoms with E-state index >= 15 is 0 Å². The van der Waals surface area contributed by atoms with Gasteiger partial charge < -0.3 is 4.74 Å². The number of alkyl halides is 1. The Hall–Kier alpha value is -1.29. The average Bonchev–Trinajstić information content (AvgIpc) is 2.59. The minimum absolute atomic E-state index is 0.310. The van der Waals surface area contributed by atoms with Crippen LogP contribution < -0.4 is 4.74 Å². The molecular weight excluding hydrogens is 190 g/mol. The number of methoxy groups -OCH3 is 1. The fourth-order valence-corrected chi connectivity index (χ4v) is 1.26. The molecule has 5 heteroatoms. The monoisotopic (exact) mass is 197 g/mol. The summed E-state index contributed by atoms with van der Waals surface area (Å²) in [6, 6.07) is 3.68. The van der Waals surface area contributed by atoms with E-state index in [-0.39, 0.29) is 0 Å². The van der Waals surface area contributed by atoms with Crippen molar-refractivity contribution < 1.29 is 4.74 Å². The quantitative estimate of drug-likeness (QED) is 0.685. The molecule has 0 radical (unpaired) electrons. The van der Waals surface area contributed by atoms with Gasteiger partial charge in [0.2, 0.25) is 0 Å². The molecular formula is C8H8ClN3O. The molecule has 0 N–H and O–H groups in total. The van der Waals surface area contributed by atoms with Gasteiger partial charge in [0.1, 0.15) is 0 Å². The van der Waals surface area contributed by atoms with Crippen molar-refractivity contribution in [1.82, 2.24) is 14.6 Å². The van der Waals surface area contributed by atoms with Crippen molar-refractivity contribution in [2.75, 3.05) is 7.11 Å². The van der Waals surface area contributed by atoms with Crippen LogP contribution in [0.25, 0.3) is 5.65 Å². The normalized spacial score (nSPS) is 10.6. The third kappa shape index (κ3) is 1.33. The van der Waals surface area contributed by atoms with Gasteiger partial charge in [0.15, 0.2) is 17.2 Å². The summed E-state index contributed by atoms with van der Waals surface area (Å²) in [5.74, 6) is 1.61. The van der Waals surface area contributed by atoms with Crippen LogP contribution in [-0.4, -0.2) is 21.7 Å². The molecule has 0 spiro atoms. The highest BCUT2D eigenvalue weighted by molar-refractivity contribution is 6.16. The Bertz CT molecular complexity index is 426. The predicted octanol–water partition coefficient (Wildman–Crippen LogP) is 1.48. The van der Waals surface area contributed by atoms with Gasteiger partial charge in [0.25, 0.3) is 0 Å². The van der Waals surface area contributed by atoms with Crippen LogP contribution in [0.3, 0.4) is 0 Å². The van der Waals surface area contributed by atoms with Gasteiger partial charge in [-0.25, -0.2) is 9.50 Å². The minimum Gasteiger partial charge on any atom is -0.493 e. The predicted molar refractivity (Wildman–Crippen MR) is 49.1 cm³/mol. The molecule has 2 aromatic heterocycles. The average molecular weight is 198 g/mol. The van der Waals surface area contributed by atoms with Gasteiger partial charge in [-0.2, -0.15) is 0 Å². The first-order chi connectivity index (χ1) is 6.35. The van der Waals surface area contributed by atoms with Crippen molar-refractivity contribution in [3.8, 4) is 5.75 Å². The molecule has 0 saturated carbocycles. The van der Waals surface area contributed by atoms with Gasteiger partial charge in [0, 0.05) is 6.20 Å². The van der Waals surface area contributed by atoms with Crippen molar-refractivity contribution in [2.45, 2.75) is 5.88 Å². The zero-order valence-electron chi connectivity index (χ0n) is 7.07. The molecule has 0 atom stereocenters. The van der Waals surface area contributed by atoms with Crippen LogP contribution in [0.5, 0.6) is 5.75 Å². The van der Waals surface area contributed by atoms with Crippen LogP contribution >= 0.6 is 11.6 Å². The minimum atomic E-state index is 0.310. The fraction of sp³-hybridized carbons (Fsp3) is 0.250. The van der Waals surface area contributed by atoms with E-state index in [2.05, 4.69) is 10.1 Å². The van der Waals surface area contributed by atoms with Crippen LogP contribution in [0.15, 0.2) is 18.3 Å². The number of hydrogen-bond donors (Lipinski definition) is 0. The van der Waals surface area contributed by atoms with Gasteiger partial charge in [-0.15, -0.1) is 16.7 Å².